The highest BCUT2D eigenvalue weighted by Crippen LogP contribution is 2.11. The molecule has 0 fully saturated rings. The zero-order valence-electron chi connectivity index (χ0n) is 17.9. The summed E-state index contributed by atoms with van der Waals surface area (Å²) in [5, 5.41) is 6.93. The minimum absolute atomic E-state index is 0.0976. The predicted octanol–water partition coefficient (Wildman–Crippen LogP) is 2.92. The lowest BCUT2D eigenvalue weighted by molar-refractivity contribution is 0.574. The molecule has 7 nitrogen and oxygen atoms in total. The molecule has 0 amide bonds. The first-order valence-corrected chi connectivity index (χ1v) is 12.4. The van der Waals surface area contributed by atoms with Gasteiger partial charge in [-0.3, -0.25) is 4.79 Å². The Hall–Kier alpha value is -2.68. The molecule has 170 valence electrons. The van der Waals surface area contributed by atoms with Crippen molar-refractivity contribution in [2.45, 2.75) is 24.8 Å². The summed E-state index contributed by atoms with van der Waals surface area (Å²) in [7, 11) is -3.43. The third kappa shape index (κ3) is 6.66. The number of aryl methyl sites for hydroxylation is 1. The summed E-state index contributed by atoms with van der Waals surface area (Å²) in [5.41, 5.74) is 1.63. The number of benzene rings is 2. The van der Waals surface area contributed by atoms with Gasteiger partial charge in [-0.1, -0.05) is 41.9 Å². The van der Waals surface area contributed by atoms with Crippen LogP contribution in [0.25, 0.3) is 0 Å². The SMILES string of the molecule is Cc1cnc(NCCS(=O)(=O)c2ccccc2)c(=O)n1CCNCCc1cccc(Cl)c1. The Bertz CT molecular complexity index is 1200. The molecule has 32 heavy (non-hydrogen) atoms. The van der Waals surface area contributed by atoms with Crippen LogP contribution in [0.2, 0.25) is 5.02 Å². The van der Waals surface area contributed by atoms with Gasteiger partial charge in [0, 0.05) is 36.5 Å². The molecule has 3 rings (SSSR count). The molecule has 0 bridgehead atoms. The summed E-state index contributed by atoms with van der Waals surface area (Å²) in [6.07, 6.45) is 2.45. The third-order valence-corrected chi connectivity index (χ3v) is 6.98. The molecule has 0 aliphatic carbocycles. The van der Waals surface area contributed by atoms with Crippen molar-refractivity contribution < 1.29 is 8.42 Å². The Kier molecular flexibility index (Phi) is 8.44. The number of hydrogen-bond acceptors (Lipinski definition) is 6. The van der Waals surface area contributed by atoms with Crippen LogP contribution >= 0.6 is 11.6 Å². The van der Waals surface area contributed by atoms with Crippen molar-refractivity contribution in [1.82, 2.24) is 14.9 Å². The van der Waals surface area contributed by atoms with Crippen LogP contribution in [-0.4, -0.2) is 43.4 Å². The Morgan fingerprint density at radius 3 is 2.56 bits per heavy atom. The van der Waals surface area contributed by atoms with Gasteiger partial charge in [-0.2, -0.15) is 0 Å². The molecular formula is C23H27ClN4O3S. The molecule has 3 aromatic rings. The number of halogens is 1. The summed E-state index contributed by atoms with van der Waals surface area (Å²) >= 11 is 6.00. The van der Waals surface area contributed by atoms with Crippen LogP contribution in [0.15, 0.2) is 70.5 Å². The van der Waals surface area contributed by atoms with Gasteiger partial charge >= 0.3 is 0 Å². The summed E-state index contributed by atoms with van der Waals surface area (Å²) in [4.78, 5) is 17.2. The van der Waals surface area contributed by atoms with Crippen LogP contribution in [0, 0.1) is 6.92 Å². The van der Waals surface area contributed by atoms with Crippen LogP contribution in [-0.2, 0) is 22.8 Å². The van der Waals surface area contributed by atoms with Gasteiger partial charge in [0.1, 0.15) is 0 Å². The minimum atomic E-state index is -3.43. The smallest absolute Gasteiger partial charge is 0.293 e. The van der Waals surface area contributed by atoms with E-state index >= 15 is 0 Å². The maximum absolute atomic E-state index is 12.8. The number of aromatic nitrogens is 2. The molecule has 1 aromatic heterocycles. The van der Waals surface area contributed by atoms with Crippen molar-refractivity contribution in [3.8, 4) is 0 Å². The maximum atomic E-state index is 12.8. The first kappa shape index (κ1) is 24.0. The standard InChI is InChI=1S/C23H27ClN4O3S/c1-18-17-27-22(26-13-15-32(30,31)21-8-3-2-4-9-21)23(29)28(18)14-12-25-11-10-19-6-5-7-20(24)16-19/h2-9,16-17,25H,10-15H2,1H3,(H,26,27). The molecule has 0 saturated heterocycles. The van der Waals surface area contributed by atoms with Crippen molar-refractivity contribution in [2.75, 3.05) is 30.7 Å². The summed E-state index contributed by atoms with van der Waals surface area (Å²) < 4.78 is 26.4. The fraction of sp³-hybridized carbons (Fsp3) is 0.304. The highest BCUT2D eigenvalue weighted by Gasteiger charge is 2.14. The summed E-state index contributed by atoms with van der Waals surface area (Å²) in [6.45, 7) is 3.79. The molecule has 0 saturated carbocycles. The fourth-order valence-corrected chi connectivity index (χ4v) is 4.65. The van der Waals surface area contributed by atoms with Gasteiger partial charge in [-0.05, 0) is 49.7 Å². The monoisotopic (exact) mass is 474 g/mol. The first-order valence-electron chi connectivity index (χ1n) is 10.4. The van der Waals surface area contributed by atoms with Crippen molar-refractivity contribution in [1.29, 1.82) is 0 Å². The lowest BCUT2D eigenvalue weighted by Crippen LogP contribution is -2.32. The number of rotatable bonds is 11. The van der Waals surface area contributed by atoms with Gasteiger partial charge in [0.05, 0.1) is 10.6 Å². The van der Waals surface area contributed by atoms with Crippen LogP contribution < -0.4 is 16.2 Å². The number of hydrogen-bond donors (Lipinski definition) is 2. The maximum Gasteiger partial charge on any atom is 0.293 e. The second-order valence-electron chi connectivity index (χ2n) is 7.39. The molecule has 0 aliphatic rings. The zero-order valence-corrected chi connectivity index (χ0v) is 19.5. The van der Waals surface area contributed by atoms with E-state index in [9.17, 15) is 13.2 Å². The fourth-order valence-electron chi connectivity index (χ4n) is 3.26. The summed E-state index contributed by atoms with van der Waals surface area (Å²) in [6, 6.07) is 16.0. The molecule has 0 radical (unpaired) electrons. The average molecular weight is 475 g/mol. The van der Waals surface area contributed by atoms with E-state index in [-0.39, 0.29) is 28.6 Å². The number of anilines is 1. The van der Waals surface area contributed by atoms with Crippen LogP contribution in [0.4, 0.5) is 5.82 Å². The van der Waals surface area contributed by atoms with Crippen molar-refractivity contribution in [3.63, 3.8) is 0 Å². The second-order valence-corrected chi connectivity index (χ2v) is 9.94. The Morgan fingerprint density at radius 2 is 1.81 bits per heavy atom. The van der Waals surface area contributed by atoms with Gasteiger partial charge < -0.3 is 15.2 Å². The van der Waals surface area contributed by atoms with Crippen LogP contribution in [0.1, 0.15) is 11.3 Å². The van der Waals surface area contributed by atoms with Crippen molar-refractivity contribution >= 4 is 27.3 Å². The Labute approximate surface area is 193 Å². The van der Waals surface area contributed by atoms with E-state index in [0.717, 1.165) is 29.2 Å². The predicted molar refractivity (Wildman–Crippen MR) is 128 cm³/mol. The molecule has 0 aliphatic heterocycles. The largest absolute Gasteiger partial charge is 0.364 e. The van der Waals surface area contributed by atoms with Gasteiger partial charge in [-0.15, -0.1) is 0 Å². The molecule has 0 spiro atoms. The van der Waals surface area contributed by atoms with E-state index in [1.165, 1.54) is 0 Å². The van der Waals surface area contributed by atoms with E-state index in [0.29, 0.717) is 13.1 Å². The Balaban J connectivity index is 1.52. The van der Waals surface area contributed by atoms with Crippen LogP contribution in [0.5, 0.6) is 0 Å². The van der Waals surface area contributed by atoms with E-state index in [2.05, 4.69) is 15.6 Å². The first-order chi connectivity index (χ1) is 15.4. The molecule has 9 heteroatoms. The highest BCUT2D eigenvalue weighted by molar-refractivity contribution is 7.91. The van der Waals surface area contributed by atoms with Crippen molar-refractivity contribution in [2.24, 2.45) is 0 Å². The number of nitrogens with zero attached hydrogens (tertiary/aromatic N) is 2. The van der Waals surface area contributed by atoms with Gasteiger partial charge in [0.2, 0.25) is 0 Å². The lowest BCUT2D eigenvalue weighted by atomic mass is 10.1. The molecule has 0 unspecified atom stereocenters. The van der Waals surface area contributed by atoms with Gasteiger partial charge in [0.15, 0.2) is 15.7 Å². The second kappa shape index (κ2) is 11.3. The number of nitrogens with one attached hydrogen (secondary N) is 2. The lowest BCUT2D eigenvalue weighted by Gasteiger charge is -2.13. The molecule has 0 atom stereocenters. The highest BCUT2D eigenvalue weighted by atomic mass is 35.5. The number of sulfone groups is 1. The molecular weight excluding hydrogens is 448 g/mol. The van der Waals surface area contributed by atoms with Gasteiger partial charge in [0.25, 0.3) is 5.56 Å². The van der Waals surface area contributed by atoms with E-state index in [4.69, 9.17) is 11.6 Å². The van der Waals surface area contributed by atoms with Crippen molar-refractivity contribution in [3.05, 3.63) is 87.4 Å². The molecule has 2 N–H and O–H groups in total. The normalized spacial score (nSPS) is 11.4. The quantitative estimate of drug-likeness (QED) is 0.415. The topological polar surface area (TPSA) is 93.1 Å². The van der Waals surface area contributed by atoms with Gasteiger partial charge in [-0.25, -0.2) is 13.4 Å². The molecule has 1 heterocycles. The van der Waals surface area contributed by atoms with E-state index in [1.807, 2.05) is 31.2 Å². The Morgan fingerprint density at radius 1 is 1.03 bits per heavy atom. The van der Waals surface area contributed by atoms with E-state index < -0.39 is 9.84 Å². The summed E-state index contributed by atoms with van der Waals surface area (Å²) in [5.74, 6) is 0.0228. The average Bonchev–Trinajstić information content (AvgIpc) is 2.78. The molecule has 2 aromatic carbocycles. The third-order valence-electron chi connectivity index (χ3n) is 5.01. The van der Waals surface area contributed by atoms with E-state index in [1.54, 1.807) is 41.1 Å². The van der Waals surface area contributed by atoms with Crippen LogP contribution in [0.3, 0.4) is 0 Å². The zero-order chi connectivity index (χ0) is 23.0. The minimum Gasteiger partial charge on any atom is -0.364 e.